The Morgan fingerprint density at radius 1 is 1.06 bits per heavy atom. The molecule has 2 N–H and O–H groups in total. The van der Waals surface area contributed by atoms with E-state index in [-0.39, 0.29) is 12.0 Å². The molecule has 0 radical (unpaired) electrons. The molecule has 2 aliphatic rings. The molecule has 0 spiro atoms. The summed E-state index contributed by atoms with van der Waals surface area (Å²) in [5, 5.41) is 6.90. The second kappa shape index (κ2) is 11.0. The molecule has 1 saturated carbocycles. The maximum absolute atomic E-state index is 12.7. The van der Waals surface area contributed by atoms with Crippen molar-refractivity contribution in [3.63, 3.8) is 0 Å². The number of benzene rings is 2. The molecule has 2 aromatic carbocycles. The molecule has 1 aliphatic heterocycles. The zero-order chi connectivity index (χ0) is 22.2. The van der Waals surface area contributed by atoms with E-state index in [0.29, 0.717) is 19.1 Å². The lowest BCUT2D eigenvalue weighted by atomic mass is 10.1. The van der Waals surface area contributed by atoms with E-state index < -0.39 is 0 Å². The van der Waals surface area contributed by atoms with Crippen LogP contribution < -0.4 is 15.4 Å². The van der Waals surface area contributed by atoms with Crippen molar-refractivity contribution in [1.82, 2.24) is 15.5 Å². The lowest BCUT2D eigenvalue weighted by Crippen LogP contribution is -2.45. The topological polar surface area (TPSA) is 66.0 Å². The maximum Gasteiger partial charge on any atom is 0.225 e. The molecular formula is C26H34N4O2. The van der Waals surface area contributed by atoms with Crippen LogP contribution in [0, 0.1) is 5.92 Å². The molecule has 1 atom stereocenters. The van der Waals surface area contributed by atoms with E-state index >= 15 is 0 Å². The minimum Gasteiger partial charge on any atom is -0.489 e. The molecule has 6 nitrogen and oxygen atoms in total. The van der Waals surface area contributed by atoms with E-state index in [1.807, 2.05) is 35.2 Å². The number of carbonyl (C=O) groups excluding carboxylic acids is 1. The first-order valence-electron chi connectivity index (χ1n) is 11.7. The van der Waals surface area contributed by atoms with Crippen LogP contribution in [0.2, 0.25) is 0 Å². The van der Waals surface area contributed by atoms with Crippen molar-refractivity contribution in [2.45, 2.75) is 51.3 Å². The number of hydrogen-bond acceptors (Lipinski definition) is 3. The van der Waals surface area contributed by atoms with E-state index in [0.717, 1.165) is 49.6 Å². The SMILES string of the molecule is CN=C(NCc1cccc(COc2ccccc2)c1)NC1CCN(C(=O)C2CCCC2)C1. The summed E-state index contributed by atoms with van der Waals surface area (Å²) >= 11 is 0. The van der Waals surface area contributed by atoms with Gasteiger partial charge in [-0.05, 0) is 42.5 Å². The summed E-state index contributed by atoms with van der Waals surface area (Å²) in [6.45, 7) is 2.82. The largest absolute Gasteiger partial charge is 0.489 e. The molecule has 0 aromatic heterocycles. The zero-order valence-corrected chi connectivity index (χ0v) is 18.9. The molecule has 0 bridgehead atoms. The Morgan fingerprint density at radius 2 is 1.84 bits per heavy atom. The lowest BCUT2D eigenvalue weighted by molar-refractivity contribution is -0.134. The van der Waals surface area contributed by atoms with Crippen LogP contribution in [0.3, 0.4) is 0 Å². The van der Waals surface area contributed by atoms with Gasteiger partial charge < -0.3 is 20.3 Å². The van der Waals surface area contributed by atoms with Gasteiger partial charge in [-0.2, -0.15) is 0 Å². The molecular weight excluding hydrogens is 400 g/mol. The van der Waals surface area contributed by atoms with E-state index in [1.54, 1.807) is 7.05 Å². The summed E-state index contributed by atoms with van der Waals surface area (Å²) in [4.78, 5) is 19.1. The fourth-order valence-electron chi connectivity index (χ4n) is 4.60. The number of nitrogens with zero attached hydrogens (tertiary/aromatic N) is 2. The molecule has 32 heavy (non-hydrogen) atoms. The lowest BCUT2D eigenvalue weighted by Gasteiger charge is -2.21. The molecule has 1 amide bonds. The Kier molecular flexibility index (Phi) is 7.64. The third-order valence-electron chi connectivity index (χ3n) is 6.37. The summed E-state index contributed by atoms with van der Waals surface area (Å²) in [6, 6.07) is 18.5. The minimum atomic E-state index is 0.247. The highest BCUT2D eigenvalue weighted by Gasteiger charge is 2.32. The van der Waals surface area contributed by atoms with Gasteiger partial charge in [-0.3, -0.25) is 9.79 Å². The summed E-state index contributed by atoms with van der Waals surface area (Å²) in [5.74, 6) is 2.25. The maximum atomic E-state index is 12.7. The van der Waals surface area contributed by atoms with Gasteiger partial charge in [-0.15, -0.1) is 0 Å². The van der Waals surface area contributed by atoms with Crippen LogP contribution >= 0.6 is 0 Å². The number of carbonyl (C=O) groups is 1. The van der Waals surface area contributed by atoms with Crippen molar-refractivity contribution in [2.75, 3.05) is 20.1 Å². The van der Waals surface area contributed by atoms with Crippen LogP contribution in [-0.2, 0) is 17.9 Å². The number of guanidine groups is 1. The van der Waals surface area contributed by atoms with Gasteiger partial charge in [0, 0.05) is 38.6 Å². The first-order chi connectivity index (χ1) is 15.7. The normalized spacial score (nSPS) is 19.2. The van der Waals surface area contributed by atoms with E-state index in [2.05, 4.69) is 39.9 Å². The van der Waals surface area contributed by atoms with Crippen LogP contribution in [0.15, 0.2) is 59.6 Å². The van der Waals surface area contributed by atoms with Gasteiger partial charge in [-0.25, -0.2) is 0 Å². The smallest absolute Gasteiger partial charge is 0.225 e. The predicted molar refractivity (Wildman–Crippen MR) is 127 cm³/mol. The fourth-order valence-corrected chi connectivity index (χ4v) is 4.60. The van der Waals surface area contributed by atoms with Crippen LogP contribution in [0.4, 0.5) is 0 Å². The summed E-state index contributed by atoms with van der Waals surface area (Å²) in [6.07, 6.45) is 5.48. The predicted octanol–water partition coefficient (Wildman–Crippen LogP) is 3.72. The molecule has 1 unspecified atom stereocenters. The Bertz CT molecular complexity index is 909. The number of para-hydroxylation sites is 1. The second-order valence-electron chi connectivity index (χ2n) is 8.74. The van der Waals surface area contributed by atoms with Crippen molar-refractivity contribution in [3.8, 4) is 5.75 Å². The van der Waals surface area contributed by atoms with Gasteiger partial charge in [0.05, 0.1) is 0 Å². The van der Waals surface area contributed by atoms with E-state index in [1.165, 1.54) is 18.4 Å². The first-order valence-corrected chi connectivity index (χ1v) is 11.7. The molecule has 2 fully saturated rings. The number of aliphatic imine (C=N–C) groups is 1. The highest BCUT2D eigenvalue weighted by atomic mass is 16.5. The Morgan fingerprint density at radius 3 is 2.62 bits per heavy atom. The monoisotopic (exact) mass is 434 g/mol. The molecule has 6 heteroatoms. The van der Waals surface area contributed by atoms with Crippen molar-refractivity contribution in [2.24, 2.45) is 10.9 Å². The highest BCUT2D eigenvalue weighted by molar-refractivity contribution is 5.81. The molecule has 1 aliphatic carbocycles. The first kappa shape index (κ1) is 22.2. The number of likely N-dealkylation sites (tertiary alicyclic amines) is 1. The number of amides is 1. The average molecular weight is 435 g/mol. The van der Waals surface area contributed by atoms with Gasteiger partial charge in [0.1, 0.15) is 12.4 Å². The minimum absolute atomic E-state index is 0.247. The summed E-state index contributed by atoms with van der Waals surface area (Å²) in [7, 11) is 1.79. The van der Waals surface area contributed by atoms with Gasteiger partial charge in [-0.1, -0.05) is 55.3 Å². The van der Waals surface area contributed by atoms with Crippen molar-refractivity contribution < 1.29 is 9.53 Å². The fraction of sp³-hybridized carbons (Fsp3) is 0.462. The van der Waals surface area contributed by atoms with Crippen molar-refractivity contribution >= 4 is 11.9 Å². The van der Waals surface area contributed by atoms with Gasteiger partial charge in [0.15, 0.2) is 5.96 Å². The van der Waals surface area contributed by atoms with Crippen LogP contribution in [0.25, 0.3) is 0 Å². The van der Waals surface area contributed by atoms with Crippen molar-refractivity contribution in [3.05, 3.63) is 65.7 Å². The third kappa shape index (κ3) is 6.02. The second-order valence-corrected chi connectivity index (χ2v) is 8.74. The van der Waals surface area contributed by atoms with Crippen molar-refractivity contribution in [1.29, 1.82) is 0 Å². The Hall–Kier alpha value is -3.02. The van der Waals surface area contributed by atoms with Crippen LogP contribution in [-0.4, -0.2) is 42.9 Å². The highest BCUT2D eigenvalue weighted by Crippen LogP contribution is 2.27. The third-order valence-corrected chi connectivity index (χ3v) is 6.37. The number of ether oxygens (including phenoxy) is 1. The Labute approximate surface area is 191 Å². The molecule has 2 aromatic rings. The van der Waals surface area contributed by atoms with E-state index in [9.17, 15) is 4.79 Å². The molecule has 1 saturated heterocycles. The van der Waals surface area contributed by atoms with Gasteiger partial charge >= 0.3 is 0 Å². The Balaban J connectivity index is 1.23. The number of hydrogen-bond donors (Lipinski definition) is 2. The van der Waals surface area contributed by atoms with Crippen LogP contribution in [0.1, 0.15) is 43.2 Å². The van der Waals surface area contributed by atoms with Gasteiger partial charge in [0.2, 0.25) is 5.91 Å². The standard InChI is InChI=1S/C26H34N4O2/c1-27-26(29-23-14-15-30(18-23)25(31)22-10-5-6-11-22)28-17-20-8-7-9-21(16-20)19-32-24-12-3-2-4-13-24/h2-4,7-9,12-13,16,22-23H,5-6,10-11,14-15,17-19H2,1H3,(H2,27,28,29). The quantitative estimate of drug-likeness (QED) is 0.515. The molecule has 170 valence electrons. The number of rotatable bonds is 7. The zero-order valence-electron chi connectivity index (χ0n) is 18.9. The van der Waals surface area contributed by atoms with Crippen LogP contribution in [0.5, 0.6) is 5.75 Å². The average Bonchev–Trinajstić information content (AvgIpc) is 3.53. The van der Waals surface area contributed by atoms with E-state index in [4.69, 9.17) is 4.74 Å². The number of nitrogens with one attached hydrogen (secondary N) is 2. The molecule has 4 rings (SSSR count). The summed E-state index contributed by atoms with van der Waals surface area (Å²) in [5.41, 5.74) is 2.31. The molecule has 1 heterocycles. The summed E-state index contributed by atoms with van der Waals surface area (Å²) < 4.78 is 5.86. The van der Waals surface area contributed by atoms with Gasteiger partial charge in [0.25, 0.3) is 0 Å².